The van der Waals surface area contributed by atoms with Crippen LogP contribution in [-0.4, -0.2) is 31.1 Å². The number of piperidine rings is 1. The van der Waals surface area contributed by atoms with Crippen molar-refractivity contribution in [2.75, 3.05) is 13.1 Å². The molecule has 3 rings (SSSR count). The van der Waals surface area contributed by atoms with Crippen LogP contribution in [0, 0.1) is 17.8 Å². The van der Waals surface area contributed by atoms with E-state index in [1.165, 1.54) is 0 Å². The first-order chi connectivity index (χ1) is 15.3. The summed E-state index contributed by atoms with van der Waals surface area (Å²) in [5.74, 6) is -0.355. The van der Waals surface area contributed by atoms with Crippen LogP contribution in [-0.2, 0) is 23.7 Å². The molecule has 4 nitrogen and oxygen atoms in total. The second-order valence-corrected chi connectivity index (χ2v) is 9.52. The highest BCUT2D eigenvalue weighted by atomic mass is 19.4. The number of hydrogen-bond donors (Lipinski definition) is 3. The minimum atomic E-state index is -4.92. The molecule has 2 aliphatic rings. The zero-order valence-corrected chi connectivity index (χ0v) is 18.7. The van der Waals surface area contributed by atoms with E-state index in [2.05, 4.69) is 16.0 Å². The molecule has 1 aromatic carbocycles. The van der Waals surface area contributed by atoms with E-state index < -0.39 is 30.0 Å². The Kier molecular flexibility index (Phi) is 7.99. The molecular formula is C23H31F6N3O. The molecule has 3 N–H and O–H groups in total. The molecule has 10 heteroatoms. The Bertz CT molecular complexity index is 785. The SMILES string of the molecule is CC(C)C1C[C@@H](NC2CCCNC2)CC1C(=O)NCc1cc(C(F)(F)F)cc(C(F)(F)F)c1. The molecule has 0 aromatic heterocycles. The summed E-state index contributed by atoms with van der Waals surface area (Å²) in [5, 5.41) is 9.55. The third-order valence-electron chi connectivity index (χ3n) is 6.69. The van der Waals surface area contributed by atoms with Gasteiger partial charge >= 0.3 is 12.4 Å². The number of carbonyl (C=O) groups excluding carboxylic acids is 1. The summed E-state index contributed by atoms with van der Waals surface area (Å²) in [4.78, 5) is 12.9. The molecule has 33 heavy (non-hydrogen) atoms. The summed E-state index contributed by atoms with van der Waals surface area (Å²) in [6.45, 7) is 5.53. The van der Waals surface area contributed by atoms with Crippen LogP contribution in [0.25, 0.3) is 0 Å². The number of benzene rings is 1. The highest BCUT2D eigenvalue weighted by Gasteiger charge is 2.41. The largest absolute Gasteiger partial charge is 0.416 e. The highest BCUT2D eigenvalue weighted by Crippen LogP contribution is 2.39. The lowest BCUT2D eigenvalue weighted by Gasteiger charge is -2.27. The fourth-order valence-corrected chi connectivity index (χ4v) is 5.01. The quantitative estimate of drug-likeness (QED) is 0.517. The maximum Gasteiger partial charge on any atom is 0.416 e. The van der Waals surface area contributed by atoms with E-state index in [4.69, 9.17) is 0 Å². The predicted octanol–water partition coefficient (Wildman–Crippen LogP) is 4.73. The number of carbonyl (C=O) groups is 1. The molecule has 1 saturated carbocycles. The second kappa shape index (κ2) is 10.2. The van der Waals surface area contributed by atoms with Crippen LogP contribution in [0.2, 0.25) is 0 Å². The number of nitrogens with one attached hydrogen (secondary N) is 3. The van der Waals surface area contributed by atoms with Gasteiger partial charge in [-0.15, -0.1) is 0 Å². The highest BCUT2D eigenvalue weighted by molar-refractivity contribution is 5.79. The first-order valence-corrected chi connectivity index (χ1v) is 11.4. The maximum absolute atomic E-state index is 13.1. The van der Waals surface area contributed by atoms with Crippen LogP contribution in [0.15, 0.2) is 18.2 Å². The van der Waals surface area contributed by atoms with Gasteiger partial charge in [0.2, 0.25) is 5.91 Å². The second-order valence-electron chi connectivity index (χ2n) is 9.52. The molecule has 1 aromatic rings. The predicted molar refractivity (Wildman–Crippen MR) is 112 cm³/mol. The summed E-state index contributed by atoms with van der Waals surface area (Å²) < 4.78 is 78.5. The van der Waals surface area contributed by atoms with Crippen LogP contribution < -0.4 is 16.0 Å². The van der Waals surface area contributed by atoms with Crippen molar-refractivity contribution >= 4 is 5.91 Å². The van der Waals surface area contributed by atoms with E-state index in [0.29, 0.717) is 24.6 Å². The van der Waals surface area contributed by atoms with Crippen molar-refractivity contribution in [3.8, 4) is 0 Å². The van der Waals surface area contributed by atoms with E-state index in [0.717, 1.165) is 32.4 Å². The van der Waals surface area contributed by atoms with Crippen LogP contribution in [0.3, 0.4) is 0 Å². The molecule has 1 heterocycles. The zero-order valence-electron chi connectivity index (χ0n) is 18.7. The number of amides is 1. The van der Waals surface area contributed by atoms with Crippen LogP contribution in [0.1, 0.15) is 56.2 Å². The fourth-order valence-electron chi connectivity index (χ4n) is 5.01. The average molecular weight is 480 g/mol. The van der Waals surface area contributed by atoms with Crippen molar-refractivity contribution in [1.29, 1.82) is 0 Å². The van der Waals surface area contributed by atoms with Gasteiger partial charge in [0.25, 0.3) is 0 Å². The first-order valence-electron chi connectivity index (χ1n) is 11.4. The summed E-state index contributed by atoms with van der Waals surface area (Å²) in [6.07, 6.45) is -6.28. The van der Waals surface area contributed by atoms with Gasteiger partial charge in [-0.2, -0.15) is 26.3 Å². The summed E-state index contributed by atoms with van der Waals surface area (Å²) >= 11 is 0. The fraction of sp³-hybridized carbons (Fsp3) is 0.696. The van der Waals surface area contributed by atoms with Gasteiger partial charge in [-0.3, -0.25) is 4.79 Å². The maximum atomic E-state index is 13.1. The Balaban J connectivity index is 1.68. The summed E-state index contributed by atoms with van der Waals surface area (Å²) in [6, 6.07) is 1.90. The van der Waals surface area contributed by atoms with E-state index >= 15 is 0 Å². The van der Waals surface area contributed by atoms with Crippen molar-refractivity contribution in [1.82, 2.24) is 16.0 Å². The lowest BCUT2D eigenvalue weighted by molar-refractivity contribution is -0.143. The molecule has 0 bridgehead atoms. The Morgan fingerprint density at radius 2 is 1.67 bits per heavy atom. The lowest BCUT2D eigenvalue weighted by atomic mass is 9.85. The van der Waals surface area contributed by atoms with Crippen LogP contribution >= 0.6 is 0 Å². The topological polar surface area (TPSA) is 53.2 Å². The Morgan fingerprint density at radius 3 is 2.18 bits per heavy atom. The van der Waals surface area contributed by atoms with Crippen molar-refractivity contribution in [2.24, 2.45) is 17.8 Å². The van der Waals surface area contributed by atoms with Gasteiger partial charge < -0.3 is 16.0 Å². The minimum Gasteiger partial charge on any atom is -0.352 e. The van der Waals surface area contributed by atoms with Gasteiger partial charge in [-0.1, -0.05) is 13.8 Å². The molecule has 0 spiro atoms. The number of rotatable bonds is 6. The van der Waals surface area contributed by atoms with Crippen molar-refractivity contribution in [3.05, 3.63) is 34.9 Å². The number of alkyl halides is 6. The minimum absolute atomic E-state index is 0.0892. The molecule has 2 fully saturated rings. The average Bonchev–Trinajstić information content (AvgIpc) is 3.15. The third kappa shape index (κ3) is 6.85. The van der Waals surface area contributed by atoms with Gasteiger partial charge in [0, 0.05) is 31.1 Å². The van der Waals surface area contributed by atoms with Crippen molar-refractivity contribution < 1.29 is 31.1 Å². The zero-order chi connectivity index (χ0) is 24.4. The number of hydrogen-bond acceptors (Lipinski definition) is 3. The molecule has 4 atom stereocenters. The van der Waals surface area contributed by atoms with E-state index in [-0.39, 0.29) is 41.3 Å². The Hall–Kier alpha value is -1.81. The molecular weight excluding hydrogens is 448 g/mol. The van der Waals surface area contributed by atoms with Gasteiger partial charge in [0.05, 0.1) is 11.1 Å². The van der Waals surface area contributed by atoms with Crippen LogP contribution in [0.5, 0.6) is 0 Å². The van der Waals surface area contributed by atoms with Crippen LogP contribution in [0.4, 0.5) is 26.3 Å². The van der Waals surface area contributed by atoms with E-state index in [1.807, 2.05) is 13.8 Å². The molecule has 186 valence electrons. The summed E-state index contributed by atoms with van der Waals surface area (Å²) in [5.41, 5.74) is -2.99. The van der Waals surface area contributed by atoms with E-state index in [1.54, 1.807) is 0 Å². The monoisotopic (exact) mass is 479 g/mol. The molecule has 1 aliphatic heterocycles. The first kappa shape index (κ1) is 25.8. The van der Waals surface area contributed by atoms with Gasteiger partial charge in [-0.25, -0.2) is 0 Å². The van der Waals surface area contributed by atoms with E-state index in [9.17, 15) is 31.1 Å². The van der Waals surface area contributed by atoms with Gasteiger partial charge in [0.1, 0.15) is 0 Å². The summed E-state index contributed by atoms with van der Waals surface area (Å²) in [7, 11) is 0. The normalized spacial score (nSPS) is 26.6. The van der Waals surface area contributed by atoms with Gasteiger partial charge in [0.15, 0.2) is 0 Å². The standard InChI is InChI=1S/C23H31F6N3O/c1-13(2)19-9-18(32-17-4-3-5-30-12-17)10-20(19)21(33)31-11-14-6-15(22(24,25)26)8-16(7-14)23(27,28)29/h6-8,13,17-20,30,32H,3-5,9-12H2,1-2H3,(H,31,33)/t17?,18-,19?,20?/m1/s1. The van der Waals surface area contributed by atoms with Gasteiger partial charge in [-0.05, 0) is 67.8 Å². The Morgan fingerprint density at radius 1 is 1.03 bits per heavy atom. The smallest absolute Gasteiger partial charge is 0.352 e. The van der Waals surface area contributed by atoms with Crippen molar-refractivity contribution in [2.45, 2.75) is 70.5 Å². The Labute approximate surface area is 189 Å². The molecule has 0 radical (unpaired) electrons. The van der Waals surface area contributed by atoms with Crippen molar-refractivity contribution in [3.63, 3.8) is 0 Å². The molecule has 3 unspecified atom stereocenters. The third-order valence-corrected chi connectivity index (χ3v) is 6.69. The molecule has 1 amide bonds. The lowest BCUT2D eigenvalue weighted by Crippen LogP contribution is -2.46. The number of halogens is 6. The molecule has 1 saturated heterocycles. The molecule has 1 aliphatic carbocycles.